The molecule has 1 aliphatic carbocycles. The number of H-pyrrole nitrogens is 1. The van der Waals surface area contributed by atoms with E-state index in [-0.39, 0.29) is 29.4 Å². The van der Waals surface area contributed by atoms with E-state index in [1.165, 1.54) is 6.07 Å². The number of fused-ring (bicyclic) bond motifs is 1. The summed E-state index contributed by atoms with van der Waals surface area (Å²) in [5.74, 6) is 1.35. The van der Waals surface area contributed by atoms with Crippen LogP contribution in [0.1, 0.15) is 34.8 Å². The number of anilines is 1. The summed E-state index contributed by atoms with van der Waals surface area (Å²) in [4.78, 5) is 30.4. The normalized spacial score (nSPS) is 21.3. The molecule has 4 N–H and O–H groups in total. The van der Waals surface area contributed by atoms with Gasteiger partial charge in [-0.05, 0) is 31.0 Å². The van der Waals surface area contributed by atoms with Crippen LogP contribution in [-0.2, 0) is 0 Å². The van der Waals surface area contributed by atoms with Crippen molar-refractivity contribution in [1.82, 2.24) is 15.3 Å². The van der Waals surface area contributed by atoms with Gasteiger partial charge in [0.25, 0.3) is 11.5 Å². The number of hydrogen-bond acceptors (Lipinski definition) is 6. The smallest absolute Gasteiger partial charge is 0.252 e. The molecule has 0 spiro atoms. The summed E-state index contributed by atoms with van der Waals surface area (Å²) in [7, 11) is 0. The first-order chi connectivity index (χ1) is 12.1. The number of carbonyl (C=O) groups is 1. The van der Waals surface area contributed by atoms with E-state index in [2.05, 4.69) is 15.3 Å². The monoisotopic (exact) mass is 342 g/mol. The van der Waals surface area contributed by atoms with Crippen molar-refractivity contribution < 1.29 is 14.3 Å². The topological polar surface area (TPSA) is 119 Å². The molecule has 2 heterocycles. The van der Waals surface area contributed by atoms with E-state index < -0.39 is 0 Å². The summed E-state index contributed by atoms with van der Waals surface area (Å²) in [6, 6.07) is 6.67. The van der Waals surface area contributed by atoms with Crippen LogP contribution in [0.3, 0.4) is 0 Å². The van der Waals surface area contributed by atoms with Crippen LogP contribution < -0.4 is 26.1 Å². The highest BCUT2D eigenvalue weighted by Crippen LogP contribution is 2.36. The number of hydrogen-bond donors (Lipinski definition) is 3. The van der Waals surface area contributed by atoms with Crippen molar-refractivity contribution in [3.05, 3.63) is 45.9 Å². The van der Waals surface area contributed by atoms with E-state index in [1.54, 1.807) is 18.2 Å². The van der Waals surface area contributed by atoms with Crippen LogP contribution in [-0.4, -0.2) is 35.1 Å². The first-order valence-corrected chi connectivity index (χ1v) is 8.16. The van der Waals surface area contributed by atoms with Crippen molar-refractivity contribution in [2.45, 2.75) is 24.8 Å². The van der Waals surface area contributed by atoms with Gasteiger partial charge in [-0.2, -0.15) is 0 Å². The van der Waals surface area contributed by atoms with Gasteiger partial charge in [-0.15, -0.1) is 0 Å². The zero-order valence-electron chi connectivity index (χ0n) is 13.5. The summed E-state index contributed by atoms with van der Waals surface area (Å²) < 4.78 is 11.0. The predicted octanol–water partition coefficient (Wildman–Crippen LogP) is 0.799. The standard InChI is InChI=1S/C17H18N4O4/c18-17-20-12(8-15(22)21-17)10-5-11(6-10)19-16(23)9-1-2-13-14(7-9)25-4-3-24-13/h1-2,7-8,10-11H,3-6H2,(H,19,23)(H3,18,20,21,22). The molecule has 0 bridgehead atoms. The van der Waals surface area contributed by atoms with Crippen LogP contribution in [0.25, 0.3) is 0 Å². The van der Waals surface area contributed by atoms with E-state index in [0.717, 1.165) is 12.8 Å². The van der Waals surface area contributed by atoms with E-state index in [9.17, 15) is 9.59 Å². The molecule has 4 rings (SSSR count). The Balaban J connectivity index is 1.37. The number of nitrogens with zero attached hydrogens (tertiary/aromatic N) is 1. The van der Waals surface area contributed by atoms with E-state index in [4.69, 9.17) is 15.2 Å². The highest BCUT2D eigenvalue weighted by Gasteiger charge is 2.33. The van der Waals surface area contributed by atoms with Gasteiger partial charge in [0.15, 0.2) is 11.5 Å². The summed E-state index contributed by atoms with van der Waals surface area (Å²) in [5.41, 5.74) is 6.51. The molecule has 0 radical (unpaired) electrons. The van der Waals surface area contributed by atoms with Gasteiger partial charge >= 0.3 is 0 Å². The second kappa shape index (κ2) is 6.12. The Hall–Kier alpha value is -3.03. The van der Waals surface area contributed by atoms with Crippen molar-refractivity contribution >= 4 is 11.9 Å². The molecule has 130 valence electrons. The first-order valence-electron chi connectivity index (χ1n) is 8.16. The Morgan fingerprint density at radius 3 is 2.72 bits per heavy atom. The minimum Gasteiger partial charge on any atom is -0.486 e. The minimum absolute atomic E-state index is 0.0491. The lowest BCUT2D eigenvalue weighted by Gasteiger charge is -2.35. The number of nitrogen functional groups attached to an aromatic ring is 1. The van der Waals surface area contributed by atoms with Crippen molar-refractivity contribution in [1.29, 1.82) is 0 Å². The van der Waals surface area contributed by atoms with E-state index >= 15 is 0 Å². The van der Waals surface area contributed by atoms with Crippen molar-refractivity contribution in [2.24, 2.45) is 0 Å². The van der Waals surface area contributed by atoms with Gasteiger partial charge in [0, 0.05) is 23.6 Å². The molecule has 1 saturated carbocycles. The van der Waals surface area contributed by atoms with Crippen molar-refractivity contribution in [3.63, 3.8) is 0 Å². The summed E-state index contributed by atoms with van der Waals surface area (Å²) in [6.45, 7) is 0.998. The van der Waals surface area contributed by atoms with Crippen LogP contribution >= 0.6 is 0 Å². The third-order valence-corrected chi connectivity index (χ3v) is 4.48. The Morgan fingerprint density at radius 2 is 1.96 bits per heavy atom. The molecule has 1 aliphatic heterocycles. The lowest BCUT2D eigenvalue weighted by molar-refractivity contribution is 0.0907. The third kappa shape index (κ3) is 3.15. The highest BCUT2D eigenvalue weighted by atomic mass is 16.6. The van der Waals surface area contributed by atoms with Gasteiger partial charge in [-0.3, -0.25) is 14.6 Å². The van der Waals surface area contributed by atoms with Crippen LogP contribution in [0, 0.1) is 0 Å². The molecule has 0 atom stereocenters. The molecule has 1 fully saturated rings. The molecular weight excluding hydrogens is 324 g/mol. The molecule has 25 heavy (non-hydrogen) atoms. The fourth-order valence-corrected chi connectivity index (χ4v) is 3.14. The lowest BCUT2D eigenvalue weighted by Crippen LogP contribution is -2.43. The van der Waals surface area contributed by atoms with Gasteiger partial charge in [0.1, 0.15) is 13.2 Å². The summed E-state index contributed by atoms with van der Waals surface area (Å²) >= 11 is 0. The predicted molar refractivity (Wildman–Crippen MR) is 89.9 cm³/mol. The largest absolute Gasteiger partial charge is 0.486 e. The Morgan fingerprint density at radius 1 is 1.20 bits per heavy atom. The molecule has 0 unspecified atom stereocenters. The van der Waals surface area contributed by atoms with Crippen molar-refractivity contribution in [3.8, 4) is 11.5 Å². The second-order valence-electron chi connectivity index (χ2n) is 6.25. The van der Waals surface area contributed by atoms with Crippen LogP contribution in [0.5, 0.6) is 11.5 Å². The number of amides is 1. The minimum atomic E-state index is -0.258. The quantitative estimate of drug-likeness (QED) is 0.759. The zero-order valence-corrected chi connectivity index (χ0v) is 13.5. The number of nitrogens with two attached hydrogens (primary N) is 1. The molecule has 8 heteroatoms. The molecule has 1 aromatic carbocycles. The Labute approximate surface area is 143 Å². The molecule has 8 nitrogen and oxygen atoms in total. The SMILES string of the molecule is Nc1nc(C2CC(NC(=O)c3ccc4c(c3)OCCO4)C2)cc(=O)[nH]1. The Kier molecular flexibility index (Phi) is 3.79. The average Bonchev–Trinajstić information content (AvgIpc) is 2.56. The zero-order chi connectivity index (χ0) is 17.4. The first kappa shape index (κ1) is 15.5. The van der Waals surface area contributed by atoms with Crippen LogP contribution in [0.4, 0.5) is 5.95 Å². The van der Waals surface area contributed by atoms with E-state index in [1.807, 2.05) is 0 Å². The number of carbonyl (C=O) groups excluding carboxylic acids is 1. The molecule has 0 saturated heterocycles. The molecule has 2 aromatic rings. The van der Waals surface area contributed by atoms with Gasteiger partial charge < -0.3 is 20.5 Å². The summed E-state index contributed by atoms with van der Waals surface area (Å²) in [6.07, 6.45) is 1.46. The number of aromatic nitrogens is 2. The van der Waals surface area contributed by atoms with Crippen LogP contribution in [0.15, 0.2) is 29.1 Å². The van der Waals surface area contributed by atoms with Crippen molar-refractivity contribution in [2.75, 3.05) is 18.9 Å². The summed E-state index contributed by atoms with van der Waals surface area (Å²) in [5, 5.41) is 2.99. The lowest BCUT2D eigenvalue weighted by atomic mass is 9.78. The molecule has 2 aliphatic rings. The number of aromatic amines is 1. The fraction of sp³-hybridized carbons (Fsp3) is 0.353. The maximum absolute atomic E-state index is 12.4. The van der Waals surface area contributed by atoms with Gasteiger partial charge in [0.05, 0.1) is 5.69 Å². The molecule has 1 amide bonds. The van der Waals surface area contributed by atoms with Gasteiger partial charge in [0.2, 0.25) is 5.95 Å². The fourth-order valence-electron chi connectivity index (χ4n) is 3.14. The van der Waals surface area contributed by atoms with Gasteiger partial charge in [-0.1, -0.05) is 0 Å². The maximum atomic E-state index is 12.4. The third-order valence-electron chi connectivity index (χ3n) is 4.48. The Bertz CT molecular complexity index is 873. The number of rotatable bonds is 3. The molecule has 1 aromatic heterocycles. The highest BCUT2D eigenvalue weighted by molar-refractivity contribution is 5.95. The number of nitrogens with one attached hydrogen (secondary N) is 2. The number of benzene rings is 1. The number of ether oxygens (including phenoxy) is 2. The maximum Gasteiger partial charge on any atom is 0.252 e. The second-order valence-corrected chi connectivity index (χ2v) is 6.25. The van der Waals surface area contributed by atoms with E-state index in [0.29, 0.717) is 36.0 Å². The molecular formula is C17H18N4O4. The average molecular weight is 342 g/mol. The van der Waals surface area contributed by atoms with Gasteiger partial charge in [-0.25, -0.2) is 4.98 Å². The van der Waals surface area contributed by atoms with Crippen LogP contribution in [0.2, 0.25) is 0 Å².